The highest BCUT2D eigenvalue weighted by molar-refractivity contribution is 4.97. The van der Waals surface area contributed by atoms with Crippen LogP contribution in [-0.2, 0) is 0 Å². The van der Waals surface area contributed by atoms with Crippen LogP contribution in [0.4, 0.5) is 0 Å². The summed E-state index contributed by atoms with van der Waals surface area (Å²) in [5.74, 6) is 0.917. The maximum absolute atomic E-state index is 9.22. The molecule has 0 aromatic heterocycles. The lowest BCUT2D eigenvalue weighted by Crippen LogP contribution is -2.47. The normalized spacial score (nSPS) is 36.9. The molecule has 2 aliphatic rings. The lowest BCUT2D eigenvalue weighted by molar-refractivity contribution is 0.0807. The van der Waals surface area contributed by atoms with Crippen molar-refractivity contribution >= 4 is 0 Å². The Kier molecular flexibility index (Phi) is 4.23. The monoisotopic (exact) mass is 220 g/mol. The Labute approximate surface area is 99.6 Å². The minimum absolute atomic E-state index is 0.217. The first-order valence-electron chi connectivity index (χ1n) is 7.00. The molecule has 2 heteroatoms. The molecule has 2 nitrogen and oxygen atoms in total. The largest absolute Gasteiger partial charge is 0.285 e. The van der Waals surface area contributed by atoms with Crippen molar-refractivity contribution in [1.29, 1.82) is 5.26 Å². The minimum Gasteiger partial charge on any atom is -0.285 e. The van der Waals surface area contributed by atoms with E-state index in [1.807, 2.05) is 0 Å². The second-order valence-corrected chi connectivity index (χ2v) is 5.47. The molecule has 3 atom stereocenters. The van der Waals surface area contributed by atoms with Gasteiger partial charge in [-0.15, -0.1) is 0 Å². The molecule has 90 valence electrons. The van der Waals surface area contributed by atoms with Gasteiger partial charge in [0.05, 0.1) is 12.1 Å². The van der Waals surface area contributed by atoms with Gasteiger partial charge < -0.3 is 0 Å². The summed E-state index contributed by atoms with van der Waals surface area (Å²) in [5.41, 5.74) is 0. The van der Waals surface area contributed by atoms with E-state index in [0.29, 0.717) is 6.04 Å². The predicted octanol–water partition coefficient (Wildman–Crippen LogP) is 3.33. The van der Waals surface area contributed by atoms with Crippen LogP contribution in [0.1, 0.15) is 58.3 Å². The van der Waals surface area contributed by atoms with E-state index in [2.05, 4.69) is 17.9 Å². The molecule has 0 aromatic rings. The zero-order chi connectivity index (χ0) is 11.4. The number of nitriles is 1. The van der Waals surface area contributed by atoms with Gasteiger partial charge in [0, 0.05) is 6.04 Å². The fourth-order valence-electron chi connectivity index (χ4n) is 3.46. The van der Waals surface area contributed by atoms with E-state index in [4.69, 9.17) is 0 Å². The zero-order valence-corrected chi connectivity index (χ0v) is 10.5. The highest BCUT2D eigenvalue weighted by Crippen LogP contribution is 2.32. The quantitative estimate of drug-likeness (QED) is 0.713. The van der Waals surface area contributed by atoms with Gasteiger partial charge in [0.25, 0.3) is 0 Å². The van der Waals surface area contributed by atoms with E-state index in [9.17, 15) is 5.26 Å². The van der Waals surface area contributed by atoms with Crippen LogP contribution in [-0.4, -0.2) is 23.5 Å². The van der Waals surface area contributed by atoms with Crippen molar-refractivity contribution in [2.45, 2.75) is 70.4 Å². The van der Waals surface area contributed by atoms with Crippen molar-refractivity contribution in [3.8, 4) is 6.07 Å². The van der Waals surface area contributed by atoms with E-state index < -0.39 is 0 Å². The molecule has 0 radical (unpaired) electrons. The van der Waals surface area contributed by atoms with Gasteiger partial charge in [0.1, 0.15) is 0 Å². The van der Waals surface area contributed by atoms with Gasteiger partial charge in [0.15, 0.2) is 0 Å². The van der Waals surface area contributed by atoms with Crippen LogP contribution < -0.4 is 0 Å². The summed E-state index contributed by atoms with van der Waals surface area (Å²) < 4.78 is 0. The molecule has 2 rings (SSSR count). The molecule has 1 saturated carbocycles. The molecule has 0 amide bonds. The summed E-state index contributed by atoms with van der Waals surface area (Å²) in [6, 6.07) is 3.44. The van der Waals surface area contributed by atoms with Crippen LogP contribution in [0.5, 0.6) is 0 Å². The van der Waals surface area contributed by atoms with Crippen molar-refractivity contribution in [3.63, 3.8) is 0 Å². The van der Waals surface area contributed by atoms with Crippen molar-refractivity contribution in [3.05, 3.63) is 0 Å². The summed E-state index contributed by atoms with van der Waals surface area (Å²) in [5, 5.41) is 9.22. The summed E-state index contributed by atoms with van der Waals surface area (Å²) >= 11 is 0. The topological polar surface area (TPSA) is 27.0 Å². The number of hydrogen-bond donors (Lipinski definition) is 0. The number of nitrogens with zero attached hydrogens (tertiary/aromatic N) is 2. The first kappa shape index (κ1) is 11.9. The number of likely N-dealkylation sites (tertiary alicyclic amines) is 1. The Morgan fingerprint density at radius 3 is 2.81 bits per heavy atom. The van der Waals surface area contributed by atoms with Gasteiger partial charge in [-0.05, 0) is 44.6 Å². The molecular formula is C14H24N2. The smallest absolute Gasteiger partial charge is 0.0980 e. The van der Waals surface area contributed by atoms with Crippen molar-refractivity contribution < 1.29 is 0 Å². The van der Waals surface area contributed by atoms with Crippen LogP contribution >= 0.6 is 0 Å². The van der Waals surface area contributed by atoms with Crippen LogP contribution in [0.15, 0.2) is 0 Å². The number of hydrogen-bond acceptors (Lipinski definition) is 2. The molecule has 1 saturated heterocycles. The fraction of sp³-hybridized carbons (Fsp3) is 0.929. The van der Waals surface area contributed by atoms with E-state index in [1.165, 1.54) is 51.5 Å². The van der Waals surface area contributed by atoms with Gasteiger partial charge in [0.2, 0.25) is 0 Å². The van der Waals surface area contributed by atoms with Gasteiger partial charge >= 0.3 is 0 Å². The van der Waals surface area contributed by atoms with Crippen LogP contribution in [0.2, 0.25) is 0 Å². The maximum atomic E-state index is 9.22. The third-order valence-corrected chi connectivity index (χ3v) is 4.49. The summed E-state index contributed by atoms with van der Waals surface area (Å²) in [6.07, 6.45) is 10.4. The standard InChI is InChI=1S/C14H24N2/c1-2-12-6-5-8-13(10-12)16-9-4-3-7-14(16)11-15/h12-14H,2-10H2,1H3. The number of rotatable bonds is 2. The predicted molar refractivity (Wildman–Crippen MR) is 66.0 cm³/mol. The molecule has 0 N–H and O–H groups in total. The zero-order valence-electron chi connectivity index (χ0n) is 10.5. The average molecular weight is 220 g/mol. The van der Waals surface area contributed by atoms with E-state index >= 15 is 0 Å². The highest BCUT2D eigenvalue weighted by atomic mass is 15.2. The fourth-order valence-corrected chi connectivity index (χ4v) is 3.46. The van der Waals surface area contributed by atoms with Crippen molar-refractivity contribution in [1.82, 2.24) is 4.90 Å². The maximum Gasteiger partial charge on any atom is 0.0980 e. The second kappa shape index (κ2) is 5.68. The third-order valence-electron chi connectivity index (χ3n) is 4.49. The van der Waals surface area contributed by atoms with E-state index in [-0.39, 0.29) is 6.04 Å². The van der Waals surface area contributed by atoms with E-state index in [1.54, 1.807) is 0 Å². The second-order valence-electron chi connectivity index (χ2n) is 5.47. The Hall–Kier alpha value is -0.550. The minimum atomic E-state index is 0.217. The van der Waals surface area contributed by atoms with Crippen LogP contribution in [0.25, 0.3) is 0 Å². The molecule has 0 bridgehead atoms. The molecule has 16 heavy (non-hydrogen) atoms. The Balaban J connectivity index is 1.96. The van der Waals surface area contributed by atoms with E-state index in [0.717, 1.165) is 12.3 Å². The molecule has 3 unspecified atom stereocenters. The average Bonchev–Trinajstić information content (AvgIpc) is 2.38. The first-order valence-corrected chi connectivity index (χ1v) is 7.00. The van der Waals surface area contributed by atoms with Crippen molar-refractivity contribution in [2.75, 3.05) is 6.54 Å². The highest BCUT2D eigenvalue weighted by Gasteiger charge is 2.31. The first-order chi connectivity index (χ1) is 7.85. The molecular weight excluding hydrogens is 196 g/mol. The summed E-state index contributed by atoms with van der Waals surface area (Å²) in [6.45, 7) is 3.48. The lowest BCUT2D eigenvalue weighted by Gasteiger charge is -2.41. The van der Waals surface area contributed by atoms with Gasteiger partial charge in [-0.3, -0.25) is 4.90 Å². The van der Waals surface area contributed by atoms with Crippen molar-refractivity contribution in [2.24, 2.45) is 5.92 Å². The summed E-state index contributed by atoms with van der Waals surface area (Å²) in [7, 11) is 0. The van der Waals surface area contributed by atoms with Gasteiger partial charge in [-0.25, -0.2) is 0 Å². The molecule has 1 aliphatic carbocycles. The summed E-state index contributed by atoms with van der Waals surface area (Å²) in [4.78, 5) is 2.52. The number of piperidine rings is 1. The molecule has 1 heterocycles. The lowest BCUT2D eigenvalue weighted by atomic mass is 9.82. The molecule has 0 aromatic carbocycles. The Morgan fingerprint density at radius 1 is 1.19 bits per heavy atom. The van der Waals surface area contributed by atoms with Crippen LogP contribution in [0, 0.1) is 17.2 Å². The third kappa shape index (κ3) is 2.58. The Bertz CT molecular complexity index is 256. The Morgan fingerprint density at radius 2 is 2.06 bits per heavy atom. The molecule has 2 fully saturated rings. The SMILES string of the molecule is CCC1CCCC(N2CCCCC2C#N)C1. The van der Waals surface area contributed by atoms with Crippen LogP contribution in [0.3, 0.4) is 0 Å². The van der Waals surface area contributed by atoms with Gasteiger partial charge in [-0.1, -0.05) is 26.2 Å². The van der Waals surface area contributed by atoms with Gasteiger partial charge in [-0.2, -0.15) is 5.26 Å². The molecule has 0 spiro atoms. The molecule has 1 aliphatic heterocycles.